The zero-order valence-corrected chi connectivity index (χ0v) is 19.0. The predicted octanol–water partition coefficient (Wildman–Crippen LogP) is 3.60. The van der Waals surface area contributed by atoms with Gasteiger partial charge >= 0.3 is 11.9 Å². The summed E-state index contributed by atoms with van der Waals surface area (Å²) < 4.78 is 22.7. The molecule has 0 N–H and O–H groups in total. The van der Waals surface area contributed by atoms with Crippen LogP contribution in [0.3, 0.4) is 0 Å². The third-order valence-corrected chi connectivity index (χ3v) is 10.00. The lowest BCUT2D eigenvalue weighted by Gasteiger charge is -2.47. The van der Waals surface area contributed by atoms with Gasteiger partial charge in [0.25, 0.3) is 0 Å². The van der Waals surface area contributed by atoms with Crippen molar-refractivity contribution in [3.63, 3.8) is 0 Å². The molecule has 0 aromatic carbocycles. The van der Waals surface area contributed by atoms with E-state index in [1.165, 1.54) is 26.4 Å². The number of alkyl halides is 1. The highest BCUT2D eigenvalue weighted by Crippen LogP contribution is 2.42. The smallest absolute Gasteiger partial charge is 0.333 e. The Hall–Kier alpha value is -1.15. The van der Waals surface area contributed by atoms with Crippen LogP contribution in [0.2, 0.25) is 18.1 Å². The van der Waals surface area contributed by atoms with Crippen molar-refractivity contribution >= 4 is 31.9 Å². The third kappa shape index (κ3) is 5.22. The van der Waals surface area contributed by atoms with Crippen LogP contribution in [-0.4, -0.2) is 58.2 Å². The first-order chi connectivity index (χ1) is 12.4. The first-order valence-corrected chi connectivity index (χ1v) is 12.2. The van der Waals surface area contributed by atoms with E-state index in [-0.39, 0.29) is 17.3 Å². The van der Waals surface area contributed by atoms with Crippen molar-refractivity contribution in [1.82, 2.24) is 0 Å². The summed E-state index contributed by atoms with van der Waals surface area (Å²) in [5.74, 6) is -1.49. The number of hydrogen-bond acceptors (Lipinski definition) is 6. The first kappa shape index (κ1) is 23.9. The fourth-order valence-corrected chi connectivity index (χ4v) is 4.20. The second-order valence-electron chi connectivity index (χ2n) is 8.10. The van der Waals surface area contributed by atoms with E-state index in [0.717, 1.165) is 0 Å². The molecule has 0 saturated carbocycles. The highest BCUT2D eigenvalue weighted by Gasteiger charge is 2.51. The van der Waals surface area contributed by atoms with E-state index >= 15 is 0 Å². The summed E-state index contributed by atoms with van der Waals surface area (Å²) in [5.41, 5.74) is -1.04. The van der Waals surface area contributed by atoms with Gasteiger partial charge in [-0.1, -0.05) is 27.4 Å². The van der Waals surface area contributed by atoms with E-state index in [0.29, 0.717) is 5.57 Å². The lowest BCUT2D eigenvalue weighted by Crippen LogP contribution is -2.58. The fraction of sp³-hybridized carbons (Fsp3) is 0.684. The van der Waals surface area contributed by atoms with Gasteiger partial charge in [0.05, 0.1) is 13.2 Å². The maximum atomic E-state index is 12.3. The van der Waals surface area contributed by atoms with Crippen molar-refractivity contribution < 1.29 is 28.2 Å². The molecular weight excluding hydrogens is 388 g/mol. The van der Waals surface area contributed by atoms with Gasteiger partial charge in [0, 0.05) is 19.1 Å². The molecule has 0 radical (unpaired) electrons. The van der Waals surface area contributed by atoms with Crippen LogP contribution in [0, 0.1) is 0 Å². The van der Waals surface area contributed by atoms with Gasteiger partial charge in [-0.15, -0.1) is 11.6 Å². The minimum atomic E-state index is -2.21. The Morgan fingerprint density at radius 3 is 2.37 bits per heavy atom. The van der Waals surface area contributed by atoms with Crippen LogP contribution in [0.25, 0.3) is 0 Å². The maximum absolute atomic E-state index is 12.3. The second kappa shape index (κ2) is 8.90. The summed E-state index contributed by atoms with van der Waals surface area (Å²) in [6, 6.07) is 0. The van der Waals surface area contributed by atoms with E-state index in [4.69, 9.17) is 30.2 Å². The topological polar surface area (TPSA) is 71.1 Å². The molecule has 0 aliphatic heterocycles. The molecule has 0 heterocycles. The molecule has 0 spiro atoms. The summed E-state index contributed by atoms with van der Waals surface area (Å²) in [7, 11) is 0.603. The zero-order chi connectivity index (χ0) is 21.0. The normalized spacial score (nSPS) is 26.1. The fourth-order valence-electron chi connectivity index (χ4n) is 2.82. The quantitative estimate of drug-likeness (QED) is 0.272. The zero-order valence-electron chi connectivity index (χ0n) is 17.3. The van der Waals surface area contributed by atoms with Gasteiger partial charge in [0.15, 0.2) is 13.9 Å². The van der Waals surface area contributed by atoms with Gasteiger partial charge in [-0.25, -0.2) is 4.79 Å². The number of rotatable bonds is 7. The number of halogens is 1. The van der Waals surface area contributed by atoms with Gasteiger partial charge in [-0.05, 0) is 30.3 Å². The van der Waals surface area contributed by atoms with Crippen LogP contribution in [0.4, 0.5) is 0 Å². The Morgan fingerprint density at radius 1 is 1.37 bits per heavy atom. The van der Waals surface area contributed by atoms with Crippen molar-refractivity contribution in [2.24, 2.45) is 0 Å². The Balaban J connectivity index is 3.45. The Kier molecular flexibility index (Phi) is 7.87. The number of esters is 2. The van der Waals surface area contributed by atoms with Crippen LogP contribution in [-0.2, 0) is 28.2 Å². The molecule has 0 aromatic heterocycles. The van der Waals surface area contributed by atoms with Gasteiger partial charge in [0.1, 0.15) is 12.0 Å². The van der Waals surface area contributed by atoms with Crippen molar-refractivity contribution in [1.29, 1.82) is 0 Å². The first-order valence-electron chi connectivity index (χ1n) is 8.79. The minimum absolute atomic E-state index is 0.0540. The molecule has 27 heavy (non-hydrogen) atoms. The van der Waals surface area contributed by atoms with Crippen molar-refractivity contribution in [3.8, 4) is 0 Å². The van der Waals surface area contributed by atoms with Crippen molar-refractivity contribution in [2.75, 3.05) is 20.1 Å². The average molecular weight is 419 g/mol. The van der Waals surface area contributed by atoms with E-state index in [1.807, 2.05) is 0 Å². The molecule has 8 heteroatoms. The SMILES string of the molecule is C=C[C@]1(OC(=O)CCl)C=C(C(=O)OC)C[C@@H](O[Si](C)(C)C(C)(C)C)[C@@H]1OC. The molecule has 154 valence electrons. The van der Waals surface area contributed by atoms with Crippen molar-refractivity contribution in [3.05, 3.63) is 24.3 Å². The van der Waals surface area contributed by atoms with E-state index in [1.54, 1.807) is 0 Å². The molecule has 1 aliphatic rings. The molecule has 0 saturated heterocycles. The van der Waals surface area contributed by atoms with Crippen molar-refractivity contribution in [2.45, 2.75) is 63.1 Å². The maximum Gasteiger partial charge on any atom is 0.333 e. The van der Waals surface area contributed by atoms with Gasteiger partial charge in [0.2, 0.25) is 0 Å². The molecule has 0 fully saturated rings. The van der Waals surface area contributed by atoms with E-state index in [9.17, 15) is 9.59 Å². The minimum Gasteiger partial charge on any atom is -0.466 e. The van der Waals surface area contributed by atoms with Gasteiger partial charge in [-0.3, -0.25) is 4.79 Å². The number of methoxy groups -OCH3 is 2. The molecule has 1 aliphatic carbocycles. The highest BCUT2D eigenvalue weighted by atomic mass is 35.5. The van der Waals surface area contributed by atoms with E-state index < -0.39 is 38.1 Å². The summed E-state index contributed by atoms with van der Waals surface area (Å²) in [6.07, 6.45) is 2.05. The summed E-state index contributed by atoms with van der Waals surface area (Å²) >= 11 is 5.62. The largest absolute Gasteiger partial charge is 0.466 e. The van der Waals surface area contributed by atoms with Crippen LogP contribution in [0.1, 0.15) is 27.2 Å². The lowest BCUT2D eigenvalue weighted by molar-refractivity contribution is -0.168. The van der Waals surface area contributed by atoms with Crippen LogP contribution < -0.4 is 0 Å². The second-order valence-corrected chi connectivity index (χ2v) is 13.1. The molecule has 0 unspecified atom stereocenters. The lowest BCUT2D eigenvalue weighted by atomic mass is 9.81. The number of carbonyl (C=O) groups excluding carboxylic acids is 2. The number of carbonyl (C=O) groups is 2. The molecule has 1 rings (SSSR count). The Morgan fingerprint density at radius 2 is 1.96 bits per heavy atom. The monoisotopic (exact) mass is 418 g/mol. The summed E-state index contributed by atoms with van der Waals surface area (Å²) in [5, 5.41) is -0.0540. The van der Waals surface area contributed by atoms with E-state index in [2.05, 4.69) is 40.4 Å². The van der Waals surface area contributed by atoms with Crippen LogP contribution >= 0.6 is 11.6 Å². The molecule has 3 atom stereocenters. The summed E-state index contributed by atoms with van der Waals surface area (Å²) in [6.45, 7) is 14.4. The standard InChI is InChI=1S/C19H31ClO6Si/c1-9-19(25-15(21)12-20)11-13(17(22)24-6)10-14(16(19)23-5)26-27(7,8)18(2,3)4/h9,11,14,16H,1,10,12H2,2-8H3/t14-,16+,19+/m1/s1. The molecule has 6 nitrogen and oxygen atoms in total. The molecule has 0 aromatic rings. The van der Waals surface area contributed by atoms with Gasteiger partial charge < -0.3 is 18.6 Å². The average Bonchev–Trinajstić information content (AvgIpc) is 2.59. The third-order valence-electron chi connectivity index (χ3n) is 5.28. The van der Waals surface area contributed by atoms with Gasteiger partial charge in [-0.2, -0.15) is 0 Å². The highest BCUT2D eigenvalue weighted by molar-refractivity contribution is 6.74. The molecule has 0 amide bonds. The summed E-state index contributed by atoms with van der Waals surface area (Å²) in [4.78, 5) is 24.2. The number of ether oxygens (including phenoxy) is 3. The Labute approximate surface area is 168 Å². The number of hydrogen-bond donors (Lipinski definition) is 0. The molecular formula is C19H31ClO6Si. The molecule has 0 bridgehead atoms. The van der Waals surface area contributed by atoms with Crippen LogP contribution in [0.15, 0.2) is 24.3 Å². The van der Waals surface area contributed by atoms with Crippen LogP contribution in [0.5, 0.6) is 0 Å². The Bertz CT molecular complexity index is 610. The predicted molar refractivity (Wildman–Crippen MR) is 107 cm³/mol.